The van der Waals surface area contributed by atoms with Crippen LogP contribution in [0, 0.1) is 5.92 Å². The Morgan fingerprint density at radius 2 is 2.25 bits per heavy atom. The van der Waals surface area contributed by atoms with Crippen LogP contribution in [0.2, 0.25) is 0 Å². The lowest BCUT2D eigenvalue weighted by Crippen LogP contribution is -2.18. The maximum Gasteiger partial charge on any atom is 0.140 e. The van der Waals surface area contributed by atoms with E-state index in [2.05, 4.69) is 42.2 Å². The second-order valence-electron chi connectivity index (χ2n) is 4.30. The standard InChI is InChI=1S/C11H15Br2N3/c12-8-4-10(13)11(16-6-8)15-5-7-1-2-9(14)3-7/h4,6-7,9H,1-3,5,14H2,(H,15,16). The van der Waals surface area contributed by atoms with Crippen LogP contribution in [0.4, 0.5) is 5.82 Å². The molecule has 1 aromatic heterocycles. The Labute approximate surface area is 112 Å². The first-order valence-electron chi connectivity index (χ1n) is 5.45. The molecule has 1 aliphatic rings. The van der Waals surface area contributed by atoms with Gasteiger partial charge in [-0.05, 0) is 63.1 Å². The molecule has 0 spiro atoms. The van der Waals surface area contributed by atoms with Gasteiger partial charge >= 0.3 is 0 Å². The van der Waals surface area contributed by atoms with Crippen LogP contribution in [0.15, 0.2) is 21.2 Å². The molecule has 0 bridgehead atoms. The molecule has 2 rings (SSSR count). The molecule has 1 heterocycles. The second-order valence-corrected chi connectivity index (χ2v) is 6.07. The lowest BCUT2D eigenvalue weighted by molar-refractivity contribution is 0.565. The topological polar surface area (TPSA) is 50.9 Å². The van der Waals surface area contributed by atoms with Gasteiger partial charge in [-0.3, -0.25) is 0 Å². The van der Waals surface area contributed by atoms with E-state index >= 15 is 0 Å². The zero-order valence-corrected chi connectivity index (χ0v) is 12.1. The average Bonchev–Trinajstić information content (AvgIpc) is 2.63. The van der Waals surface area contributed by atoms with Crippen molar-refractivity contribution in [1.82, 2.24) is 4.98 Å². The quantitative estimate of drug-likeness (QED) is 0.882. The summed E-state index contributed by atoms with van der Waals surface area (Å²) < 4.78 is 1.97. The van der Waals surface area contributed by atoms with Crippen molar-refractivity contribution < 1.29 is 0 Å². The van der Waals surface area contributed by atoms with Crippen LogP contribution in [0.3, 0.4) is 0 Å². The highest BCUT2D eigenvalue weighted by molar-refractivity contribution is 9.11. The molecule has 16 heavy (non-hydrogen) atoms. The van der Waals surface area contributed by atoms with Gasteiger partial charge in [0.05, 0.1) is 4.47 Å². The normalized spacial score (nSPS) is 24.7. The van der Waals surface area contributed by atoms with Gasteiger partial charge in [-0.25, -0.2) is 4.98 Å². The number of rotatable bonds is 3. The molecule has 2 atom stereocenters. The predicted octanol–water partition coefficient (Wildman–Crippen LogP) is 3.15. The van der Waals surface area contributed by atoms with E-state index in [4.69, 9.17) is 5.73 Å². The molecule has 1 fully saturated rings. The lowest BCUT2D eigenvalue weighted by atomic mass is 10.1. The third-order valence-corrected chi connectivity index (χ3v) is 3.99. The van der Waals surface area contributed by atoms with Crippen molar-refractivity contribution in [3.05, 3.63) is 21.2 Å². The van der Waals surface area contributed by atoms with E-state index < -0.39 is 0 Å². The first-order valence-corrected chi connectivity index (χ1v) is 7.04. The van der Waals surface area contributed by atoms with Crippen molar-refractivity contribution in [3.8, 4) is 0 Å². The number of pyridine rings is 1. The Balaban J connectivity index is 1.89. The van der Waals surface area contributed by atoms with E-state index in [1.807, 2.05) is 6.07 Å². The summed E-state index contributed by atoms with van der Waals surface area (Å²) in [5.41, 5.74) is 5.88. The predicted molar refractivity (Wildman–Crippen MR) is 73.4 cm³/mol. The number of halogens is 2. The fourth-order valence-corrected chi connectivity index (χ4v) is 3.21. The van der Waals surface area contributed by atoms with Gasteiger partial charge in [0.2, 0.25) is 0 Å². The molecule has 0 amide bonds. The zero-order chi connectivity index (χ0) is 11.5. The van der Waals surface area contributed by atoms with E-state index in [1.165, 1.54) is 6.42 Å². The van der Waals surface area contributed by atoms with E-state index in [9.17, 15) is 0 Å². The van der Waals surface area contributed by atoms with Gasteiger partial charge < -0.3 is 11.1 Å². The molecule has 5 heteroatoms. The average molecular weight is 349 g/mol. The summed E-state index contributed by atoms with van der Waals surface area (Å²) in [7, 11) is 0. The highest BCUT2D eigenvalue weighted by Crippen LogP contribution is 2.27. The lowest BCUT2D eigenvalue weighted by Gasteiger charge is -2.12. The molecule has 1 saturated carbocycles. The van der Waals surface area contributed by atoms with E-state index in [0.717, 1.165) is 34.1 Å². The van der Waals surface area contributed by atoms with Crippen LogP contribution in [0.1, 0.15) is 19.3 Å². The van der Waals surface area contributed by atoms with Crippen molar-refractivity contribution in [2.45, 2.75) is 25.3 Å². The summed E-state index contributed by atoms with van der Waals surface area (Å²) >= 11 is 6.87. The summed E-state index contributed by atoms with van der Waals surface area (Å²) in [6.45, 7) is 0.959. The van der Waals surface area contributed by atoms with Gasteiger partial charge in [0.1, 0.15) is 5.82 Å². The number of nitrogens with two attached hydrogens (primary N) is 1. The van der Waals surface area contributed by atoms with E-state index in [0.29, 0.717) is 12.0 Å². The molecular formula is C11H15Br2N3. The first kappa shape index (κ1) is 12.3. The molecule has 0 aliphatic heterocycles. The molecule has 3 N–H and O–H groups in total. The van der Waals surface area contributed by atoms with Crippen molar-refractivity contribution in [1.29, 1.82) is 0 Å². The van der Waals surface area contributed by atoms with Crippen molar-refractivity contribution >= 4 is 37.7 Å². The van der Waals surface area contributed by atoms with Crippen LogP contribution in [0.5, 0.6) is 0 Å². The number of aromatic nitrogens is 1. The fourth-order valence-electron chi connectivity index (χ4n) is 2.08. The zero-order valence-electron chi connectivity index (χ0n) is 8.92. The highest BCUT2D eigenvalue weighted by Gasteiger charge is 2.21. The van der Waals surface area contributed by atoms with Crippen LogP contribution < -0.4 is 11.1 Å². The molecule has 0 saturated heterocycles. The Bertz CT molecular complexity index is 370. The molecular weight excluding hydrogens is 334 g/mol. The summed E-state index contributed by atoms with van der Waals surface area (Å²) in [4.78, 5) is 4.32. The van der Waals surface area contributed by atoms with Gasteiger partial charge in [0.15, 0.2) is 0 Å². The maximum atomic E-state index is 5.88. The number of nitrogens with zero attached hydrogens (tertiary/aromatic N) is 1. The van der Waals surface area contributed by atoms with Gasteiger partial charge in [-0.1, -0.05) is 0 Å². The van der Waals surface area contributed by atoms with Gasteiger partial charge in [0, 0.05) is 23.3 Å². The Kier molecular flexibility index (Phi) is 4.21. The number of anilines is 1. The number of nitrogens with one attached hydrogen (secondary N) is 1. The number of hydrogen-bond donors (Lipinski definition) is 2. The third kappa shape index (κ3) is 3.18. The maximum absolute atomic E-state index is 5.88. The SMILES string of the molecule is NC1CCC(CNc2ncc(Br)cc2Br)C1. The molecule has 3 nitrogen and oxygen atoms in total. The van der Waals surface area contributed by atoms with Crippen molar-refractivity contribution in [2.24, 2.45) is 11.7 Å². The minimum absolute atomic E-state index is 0.396. The monoisotopic (exact) mass is 347 g/mol. The summed E-state index contributed by atoms with van der Waals surface area (Å²) in [5, 5.41) is 3.37. The minimum Gasteiger partial charge on any atom is -0.369 e. The molecule has 88 valence electrons. The Hall–Kier alpha value is -0.130. The van der Waals surface area contributed by atoms with Crippen LogP contribution in [0.25, 0.3) is 0 Å². The van der Waals surface area contributed by atoms with Crippen molar-refractivity contribution in [2.75, 3.05) is 11.9 Å². The minimum atomic E-state index is 0.396. The third-order valence-electron chi connectivity index (χ3n) is 2.95. The van der Waals surface area contributed by atoms with Crippen LogP contribution in [-0.4, -0.2) is 17.6 Å². The van der Waals surface area contributed by atoms with Crippen LogP contribution >= 0.6 is 31.9 Å². The molecule has 1 aromatic rings. The summed E-state index contributed by atoms with van der Waals surface area (Å²) in [6.07, 6.45) is 5.30. The van der Waals surface area contributed by atoms with E-state index in [-0.39, 0.29) is 0 Å². The molecule has 2 unspecified atom stereocenters. The first-order chi connectivity index (χ1) is 7.65. The summed E-state index contributed by atoms with van der Waals surface area (Å²) in [6, 6.07) is 2.39. The van der Waals surface area contributed by atoms with Gasteiger partial charge in [0.25, 0.3) is 0 Å². The number of hydrogen-bond acceptors (Lipinski definition) is 3. The fraction of sp³-hybridized carbons (Fsp3) is 0.545. The Morgan fingerprint density at radius 3 is 2.88 bits per heavy atom. The van der Waals surface area contributed by atoms with Crippen molar-refractivity contribution in [3.63, 3.8) is 0 Å². The Morgan fingerprint density at radius 1 is 1.44 bits per heavy atom. The smallest absolute Gasteiger partial charge is 0.140 e. The molecule has 0 aromatic carbocycles. The largest absolute Gasteiger partial charge is 0.369 e. The molecule has 1 aliphatic carbocycles. The highest BCUT2D eigenvalue weighted by atomic mass is 79.9. The van der Waals surface area contributed by atoms with Crippen LogP contribution in [-0.2, 0) is 0 Å². The second kappa shape index (κ2) is 5.47. The van der Waals surface area contributed by atoms with Gasteiger partial charge in [-0.2, -0.15) is 0 Å². The summed E-state index contributed by atoms with van der Waals surface area (Å²) in [5.74, 6) is 1.59. The molecule has 0 radical (unpaired) electrons. The van der Waals surface area contributed by atoms with Gasteiger partial charge in [-0.15, -0.1) is 0 Å². The van der Waals surface area contributed by atoms with E-state index in [1.54, 1.807) is 6.20 Å².